The first kappa shape index (κ1) is 25.2. The molecule has 8 nitrogen and oxygen atoms in total. The van der Waals surface area contributed by atoms with Crippen LogP contribution >= 0.6 is 11.3 Å². The van der Waals surface area contributed by atoms with Crippen LogP contribution in [0, 0.1) is 0 Å². The average molecular weight is 509 g/mol. The van der Waals surface area contributed by atoms with Crippen LogP contribution in [0.2, 0.25) is 0 Å². The van der Waals surface area contributed by atoms with E-state index in [-0.39, 0.29) is 24.0 Å². The van der Waals surface area contributed by atoms with Crippen molar-refractivity contribution in [2.45, 2.75) is 39.8 Å². The van der Waals surface area contributed by atoms with Crippen molar-refractivity contribution in [3.63, 3.8) is 0 Å². The molecule has 2 aromatic carbocycles. The van der Waals surface area contributed by atoms with Crippen molar-refractivity contribution in [1.82, 2.24) is 4.57 Å². The average Bonchev–Trinajstić information content (AvgIpc) is 3.14. The molecule has 3 aromatic rings. The Kier molecular flexibility index (Phi) is 7.30. The van der Waals surface area contributed by atoms with Crippen molar-refractivity contribution >= 4 is 23.4 Å². The minimum atomic E-state index is -0.704. The molecule has 0 amide bonds. The first-order valence-electron chi connectivity index (χ1n) is 11.6. The molecule has 0 fully saturated rings. The number of methoxy groups -OCH3 is 1. The highest BCUT2D eigenvalue weighted by Crippen LogP contribution is 2.32. The number of esters is 1. The van der Waals surface area contributed by atoms with Crippen molar-refractivity contribution in [2.24, 2.45) is 4.99 Å². The molecule has 9 heteroatoms. The van der Waals surface area contributed by atoms with E-state index in [2.05, 4.69) is 4.99 Å². The summed E-state index contributed by atoms with van der Waals surface area (Å²) >= 11 is 1.23. The van der Waals surface area contributed by atoms with Crippen LogP contribution in [0.25, 0.3) is 6.08 Å². The number of aromatic hydroxyl groups is 1. The van der Waals surface area contributed by atoms with E-state index in [1.54, 1.807) is 32.1 Å². The van der Waals surface area contributed by atoms with E-state index in [0.717, 1.165) is 5.56 Å². The molecule has 0 unspecified atom stereocenters. The molecule has 0 saturated carbocycles. The largest absolute Gasteiger partial charge is 0.504 e. The molecular formula is C27H28N2O6S. The number of ether oxygens (including phenoxy) is 3. The zero-order chi connectivity index (χ0) is 26.0. The number of allylic oxidation sites excluding steroid dienone is 1. The molecule has 0 radical (unpaired) electrons. The Labute approximate surface area is 212 Å². The Balaban J connectivity index is 1.89. The molecule has 36 heavy (non-hydrogen) atoms. The zero-order valence-corrected chi connectivity index (χ0v) is 21.6. The lowest BCUT2D eigenvalue weighted by atomic mass is 9.96. The van der Waals surface area contributed by atoms with Gasteiger partial charge in [0.25, 0.3) is 5.56 Å². The fourth-order valence-electron chi connectivity index (χ4n) is 4.04. The van der Waals surface area contributed by atoms with Gasteiger partial charge in [-0.05, 0) is 69.2 Å². The molecule has 1 aliphatic heterocycles. The summed E-state index contributed by atoms with van der Waals surface area (Å²) < 4.78 is 18.2. The zero-order valence-electron chi connectivity index (χ0n) is 20.8. The Morgan fingerprint density at radius 2 is 1.94 bits per heavy atom. The molecule has 0 spiro atoms. The van der Waals surface area contributed by atoms with Crippen molar-refractivity contribution < 1.29 is 24.1 Å². The number of hydrogen-bond donors (Lipinski definition) is 1. The maximum atomic E-state index is 13.7. The highest BCUT2D eigenvalue weighted by Gasteiger charge is 2.33. The molecule has 0 aliphatic carbocycles. The van der Waals surface area contributed by atoms with E-state index in [1.165, 1.54) is 29.1 Å². The highest BCUT2D eigenvalue weighted by molar-refractivity contribution is 7.07. The third-order valence-corrected chi connectivity index (χ3v) is 6.57. The van der Waals surface area contributed by atoms with Crippen LogP contribution in [0.15, 0.2) is 63.5 Å². The van der Waals surface area contributed by atoms with Gasteiger partial charge in [-0.1, -0.05) is 29.5 Å². The summed E-state index contributed by atoms with van der Waals surface area (Å²) in [6.45, 7) is 7.58. The molecular weight excluding hydrogens is 480 g/mol. The van der Waals surface area contributed by atoms with E-state index >= 15 is 0 Å². The Morgan fingerprint density at radius 1 is 1.22 bits per heavy atom. The number of hydrogen-bond acceptors (Lipinski definition) is 8. The summed E-state index contributed by atoms with van der Waals surface area (Å²) in [6.07, 6.45) is 1.73. The smallest absolute Gasteiger partial charge is 0.338 e. The third-order valence-electron chi connectivity index (χ3n) is 5.59. The summed E-state index contributed by atoms with van der Waals surface area (Å²) in [7, 11) is 1.46. The van der Waals surface area contributed by atoms with Gasteiger partial charge in [-0.2, -0.15) is 0 Å². The normalized spacial score (nSPS) is 15.5. The first-order valence-corrected chi connectivity index (χ1v) is 12.4. The number of phenolic OH excluding ortho intramolecular Hbond substituents is 1. The van der Waals surface area contributed by atoms with Crippen LogP contribution in [-0.2, 0) is 9.53 Å². The van der Waals surface area contributed by atoms with Gasteiger partial charge in [-0.25, -0.2) is 9.79 Å². The summed E-state index contributed by atoms with van der Waals surface area (Å²) in [5.74, 6) is 0.499. The van der Waals surface area contributed by atoms with Gasteiger partial charge in [0.1, 0.15) is 5.75 Å². The van der Waals surface area contributed by atoms with Gasteiger partial charge in [0.15, 0.2) is 16.3 Å². The molecule has 4 rings (SSSR count). The van der Waals surface area contributed by atoms with Gasteiger partial charge in [0.05, 0.1) is 41.7 Å². The molecule has 188 valence electrons. The molecule has 1 atom stereocenters. The Morgan fingerprint density at radius 3 is 2.58 bits per heavy atom. The molecule has 1 N–H and O–H groups in total. The topological polar surface area (TPSA) is 99.4 Å². The molecule has 1 aliphatic rings. The number of carbonyl (C=O) groups excluding carboxylic acids is 1. The molecule has 0 saturated heterocycles. The number of carbonyl (C=O) groups is 1. The Bertz CT molecular complexity index is 1500. The number of thiazole rings is 1. The molecule has 1 aromatic heterocycles. The van der Waals surface area contributed by atoms with Gasteiger partial charge in [0, 0.05) is 0 Å². The lowest BCUT2D eigenvalue weighted by Crippen LogP contribution is -2.39. The van der Waals surface area contributed by atoms with E-state index < -0.39 is 12.0 Å². The molecule has 2 heterocycles. The lowest BCUT2D eigenvalue weighted by Gasteiger charge is -2.25. The number of nitrogens with zero attached hydrogens (tertiary/aromatic N) is 2. The fraction of sp³-hybridized carbons (Fsp3) is 0.296. The van der Waals surface area contributed by atoms with Crippen LogP contribution in [-0.4, -0.2) is 35.5 Å². The van der Waals surface area contributed by atoms with Gasteiger partial charge < -0.3 is 19.3 Å². The Hall–Kier alpha value is -3.85. The SMILES string of the molecule is CCOC(=O)C1=C(C)N=c2sc(=Cc3ccc(O)c(OC)c3)c(=O)n2[C@H]1c1ccc(OC(C)C)cc1. The van der Waals surface area contributed by atoms with Gasteiger partial charge in [-0.15, -0.1) is 0 Å². The van der Waals surface area contributed by atoms with Crippen LogP contribution in [0.3, 0.4) is 0 Å². The monoisotopic (exact) mass is 508 g/mol. The first-order chi connectivity index (χ1) is 17.2. The summed E-state index contributed by atoms with van der Waals surface area (Å²) in [4.78, 5) is 31.7. The van der Waals surface area contributed by atoms with Crippen molar-refractivity contribution in [3.8, 4) is 17.2 Å². The number of fused-ring (bicyclic) bond motifs is 1. The fourth-order valence-corrected chi connectivity index (χ4v) is 5.09. The summed E-state index contributed by atoms with van der Waals surface area (Å²) in [5, 5.41) is 9.90. The van der Waals surface area contributed by atoms with Gasteiger partial charge in [0.2, 0.25) is 0 Å². The van der Waals surface area contributed by atoms with Crippen LogP contribution in [0.4, 0.5) is 0 Å². The number of aromatic nitrogens is 1. The van der Waals surface area contributed by atoms with Crippen molar-refractivity contribution in [3.05, 3.63) is 84.5 Å². The summed E-state index contributed by atoms with van der Waals surface area (Å²) in [5.41, 5.74) is 1.96. The second-order valence-corrected chi connectivity index (χ2v) is 9.48. The van der Waals surface area contributed by atoms with E-state index in [0.29, 0.717) is 37.7 Å². The predicted molar refractivity (Wildman–Crippen MR) is 137 cm³/mol. The number of benzene rings is 2. The van der Waals surface area contributed by atoms with Crippen molar-refractivity contribution in [2.75, 3.05) is 13.7 Å². The second-order valence-electron chi connectivity index (χ2n) is 8.47. The third kappa shape index (κ3) is 4.92. The van der Waals surface area contributed by atoms with Crippen molar-refractivity contribution in [1.29, 1.82) is 0 Å². The summed E-state index contributed by atoms with van der Waals surface area (Å²) in [6, 6.07) is 11.5. The van der Waals surface area contributed by atoms with E-state index in [1.807, 2.05) is 38.1 Å². The van der Waals surface area contributed by atoms with E-state index in [9.17, 15) is 14.7 Å². The quantitative estimate of drug-likeness (QED) is 0.492. The second kappa shape index (κ2) is 10.4. The lowest BCUT2D eigenvalue weighted by molar-refractivity contribution is -0.139. The van der Waals surface area contributed by atoms with Crippen LogP contribution in [0.1, 0.15) is 44.9 Å². The number of rotatable bonds is 7. The number of phenols is 1. The highest BCUT2D eigenvalue weighted by atomic mass is 32.1. The van der Waals surface area contributed by atoms with Gasteiger partial charge >= 0.3 is 5.97 Å². The molecule has 0 bridgehead atoms. The minimum Gasteiger partial charge on any atom is -0.504 e. The maximum Gasteiger partial charge on any atom is 0.338 e. The minimum absolute atomic E-state index is 0.00991. The van der Waals surface area contributed by atoms with Crippen LogP contribution in [0.5, 0.6) is 17.2 Å². The standard InChI is InChI=1S/C27H28N2O6S/c1-6-34-26(32)23-16(4)28-27-29(24(23)18-8-10-19(11-9-18)35-15(2)3)25(31)22(36-27)14-17-7-12-20(30)21(13-17)33-5/h7-15,24,30H,6H2,1-5H3/t24-/m0/s1. The van der Waals surface area contributed by atoms with E-state index in [4.69, 9.17) is 14.2 Å². The van der Waals surface area contributed by atoms with Gasteiger partial charge in [-0.3, -0.25) is 9.36 Å². The predicted octanol–water partition coefficient (Wildman–Crippen LogP) is 3.30. The van der Waals surface area contributed by atoms with Crippen LogP contribution < -0.4 is 24.4 Å². The maximum absolute atomic E-state index is 13.7.